The van der Waals surface area contributed by atoms with Gasteiger partial charge in [-0.3, -0.25) is 9.69 Å². The van der Waals surface area contributed by atoms with Crippen molar-refractivity contribution in [3.05, 3.63) is 23.5 Å². The summed E-state index contributed by atoms with van der Waals surface area (Å²) >= 11 is 5.19. The van der Waals surface area contributed by atoms with Crippen LogP contribution in [0.5, 0.6) is 0 Å². The zero-order chi connectivity index (χ0) is 14.4. The number of allylic oxidation sites excluding steroid dienone is 3. The molecular formula is C14H21N3OS. The Morgan fingerprint density at radius 2 is 1.79 bits per heavy atom. The molecule has 2 fully saturated rings. The Balaban J connectivity index is 2.24. The predicted molar refractivity (Wildman–Crippen MR) is 80.4 cm³/mol. The lowest BCUT2D eigenvalue weighted by Crippen LogP contribution is -2.33. The van der Waals surface area contributed by atoms with E-state index >= 15 is 0 Å². The SMILES string of the molecule is CN1C(=O)/C(=C/C=C2\CCC(C)(C)N2C)N(C)C1=S. The fourth-order valence-electron chi connectivity index (χ4n) is 2.44. The van der Waals surface area contributed by atoms with Gasteiger partial charge in [-0.25, -0.2) is 0 Å². The Morgan fingerprint density at radius 3 is 2.21 bits per heavy atom. The summed E-state index contributed by atoms with van der Waals surface area (Å²) in [5.74, 6) is -0.0377. The van der Waals surface area contributed by atoms with Crippen LogP contribution in [0, 0.1) is 0 Å². The highest BCUT2D eigenvalue weighted by atomic mass is 32.1. The van der Waals surface area contributed by atoms with Crippen molar-refractivity contribution in [3.63, 3.8) is 0 Å². The number of nitrogens with zero attached hydrogens (tertiary/aromatic N) is 3. The second-order valence-electron chi connectivity index (χ2n) is 5.79. The van der Waals surface area contributed by atoms with Gasteiger partial charge in [-0.2, -0.15) is 0 Å². The topological polar surface area (TPSA) is 26.8 Å². The second-order valence-corrected chi connectivity index (χ2v) is 6.15. The van der Waals surface area contributed by atoms with E-state index in [-0.39, 0.29) is 11.4 Å². The number of likely N-dealkylation sites (tertiary alicyclic amines) is 1. The number of rotatable bonds is 1. The van der Waals surface area contributed by atoms with Gasteiger partial charge in [0.15, 0.2) is 5.11 Å². The number of carbonyl (C=O) groups is 1. The van der Waals surface area contributed by atoms with Crippen molar-refractivity contribution in [2.24, 2.45) is 0 Å². The minimum atomic E-state index is -0.0377. The third kappa shape index (κ3) is 2.27. The monoisotopic (exact) mass is 279 g/mol. The Morgan fingerprint density at radius 1 is 1.16 bits per heavy atom. The number of hydrogen-bond acceptors (Lipinski definition) is 3. The van der Waals surface area contributed by atoms with Crippen molar-refractivity contribution in [1.82, 2.24) is 14.7 Å². The molecule has 0 radical (unpaired) electrons. The molecule has 0 aromatic carbocycles. The molecule has 0 N–H and O–H groups in total. The molecule has 2 aliphatic rings. The van der Waals surface area contributed by atoms with Crippen molar-refractivity contribution in [2.75, 3.05) is 21.1 Å². The van der Waals surface area contributed by atoms with E-state index in [1.54, 1.807) is 11.9 Å². The molecule has 4 nitrogen and oxygen atoms in total. The van der Waals surface area contributed by atoms with E-state index in [1.165, 1.54) is 10.6 Å². The molecule has 0 spiro atoms. The smallest absolute Gasteiger partial charge is 0.276 e. The second kappa shape index (κ2) is 4.63. The molecule has 0 bridgehead atoms. The maximum atomic E-state index is 12.0. The highest BCUT2D eigenvalue weighted by Gasteiger charge is 2.34. The lowest BCUT2D eigenvalue weighted by Gasteiger charge is -2.30. The fraction of sp³-hybridized carbons (Fsp3) is 0.571. The zero-order valence-electron chi connectivity index (χ0n) is 12.2. The molecule has 2 heterocycles. The lowest BCUT2D eigenvalue weighted by atomic mass is 10.0. The molecule has 0 aromatic rings. The minimum Gasteiger partial charge on any atom is -0.373 e. The Hall–Kier alpha value is -1.36. The van der Waals surface area contributed by atoms with Crippen LogP contribution in [0.2, 0.25) is 0 Å². The summed E-state index contributed by atoms with van der Waals surface area (Å²) in [5.41, 5.74) is 2.10. The molecule has 1 amide bonds. The number of likely N-dealkylation sites (N-methyl/N-ethyl adjacent to an activating group) is 2. The third-order valence-electron chi connectivity index (χ3n) is 4.22. The van der Waals surface area contributed by atoms with Crippen molar-refractivity contribution in [3.8, 4) is 0 Å². The van der Waals surface area contributed by atoms with Crippen LogP contribution >= 0.6 is 12.2 Å². The van der Waals surface area contributed by atoms with Crippen LogP contribution in [0.4, 0.5) is 0 Å². The highest BCUT2D eigenvalue weighted by molar-refractivity contribution is 7.80. The van der Waals surface area contributed by atoms with Crippen LogP contribution in [0.25, 0.3) is 0 Å². The van der Waals surface area contributed by atoms with Gasteiger partial charge >= 0.3 is 0 Å². The van der Waals surface area contributed by atoms with Crippen LogP contribution in [0.3, 0.4) is 0 Å². The average molecular weight is 279 g/mol. The van der Waals surface area contributed by atoms with E-state index < -0.39 is 0 Å². The first-order valence-electron chi connectivity index (χ1n) is 6.46. The van der Waals surface area contributed by atoms with E-state index in [9.17, 15) is 4.79 Å². The van der Waals surface area contributed by atoms with Gasteiger partial charge in [-0.15, -0.1) is 0 Å². The molecule has 19 heavy (non-hydrogen) atoms. The average Bonchev–Trinajstić information content (AvgIpc) is 2.71. The largest absolute Gasteiger partial charge is 0.373 e. The molecule has 5 heteroatoms. The number of hydrogen-bond donors (Lipinski definition) is 0. The molecule has 0 aromatic heterocycles. The Kier molecular flexibility index (Phi) is 3.43. The van der Waals surface area contributed by atoms with Crippen LogP contribution < -0.4 is 0 Å². The Bertz CT molecular complexity index is 493. The summed E-state index contributed by atoms with van der Waals surface area (Å²) < 4.78 is 0. The van der Waals surface area contributed by atoms with E-state index in [0.29, 0.717) is 10.8 Å². The lowest BCUT2D eigenvalue weighted by molar-refractivity contribution is -0.121. The third-order valence-corrected chi connectivity index (χ3v) is 4.77. The molecule has 0 atom stereocenters. The summed E-state index contributed by atoms with van der Waals surface area (Å²) in [4.78, 5) is 17.6. The maximum Gasteiger partial charge on any atom is 0.276 e. The number of thiocarbonyl (C=S) groups is 1. The van der Waals surface area contributed by atoms with Crippen molar-refractivity contribution >= 4 is 23.2 Å². The Labute approximate surface area is 120 Å². The van der Waals surface area contributed by atoms with Gasteiger partial charge in [0.1, 0.15) is 5.70 Å². The molecule has 2 saturated heterocycles. The zero-order valence-corrected chi connectivity index (χ0v) is 13.0. The summed E-state index contributed by atoms with van der Waals surface area (Å²) in [7, 11) is 5.64. The molecule has 2 aliphatic heterocycles. The molecule has 0 saturated carbocycles. The van der Waals surface area contributed by atoms with Crippen molar-refractivity contribution < 1.29 is 4.79 Å². The minimum absolute atomic E-state index is 0.0377. The summed E-state index contributed by atoms with van der Waals surface area (Å²) in [5, 5.41) is 0.551. The van der Waals surface area contributed by atoms with Gasteiger partial charge in [0, 0.05) is 32.4 Å². The van der Waals surface area contributed by atoms with Crippen molar-refractivity contribution in [2.45, 2.75) is 32.2 Å². The van der Waals surface area contributed by atoms with Gasteiger partial charge in [0.2, 0.25) is 0 Å². The van der Waals surface area contributed by atoms with Crippen LogP contribution in [-0.2, 0) is 4.79 Å². The first kappa shape index (κ1) is 14.1. The van der Waals surface area contributed by atoms with Crippen molar-refractivity contribution in [1.29, 1.82) is 0 Å². The molecule has 0 aliphatic carbocycles. The van der Waals surface area contributed by atoms with E-state index in [0.717, 1.165) is 12.8 Å². The quantitative estimate of drug-likeness (QED) is 0.541. The van der Waals surface area contributed by atoms with Gasteiger partial charge < -0.3 is 9.80 Å². The number of amides is 1. The number of carbonyl (C=O) groups excluding carboxylic acids is 1. The first-order valence-corrected chi connectivity index (χ1v) is 6.87. The van der Waals surface area contributed by atoms with Crippen LogP contribution in [0.15, 0.2) is 23.5 Å². The van der Waals surface area contributed by atoms with Gasteiger partial charge in [-0.05, 0) is 51.1 Å². The maximum absolute atomic E-state index is 12.0. The standard InChI is InChI=1S/C14H21N3OS/c1-14(2)9-8-10(17(14)5)6-7-11-12(18)16(4)13(19)15(11)3/h6-7H,8-9H2,1-5H3/b10-6+,11-7-. The summed E-state index contributed by atoms with van der Waals surface area (Å²) in [6.45, 7) is 4.47. The van der Waals surface area contributed by atoms with E-state index in [2.05, 4.69) is 25.8 Å². The molecule has 2 rings (SSSR count). The van der Waals surface area contributed by atoms with Gasteiger partial charge in [-0.1, -0.05) is 0 Å². The molecule has 104 valence electrons. The van der Waals surface area contributed by atoms with Gasteiger partial charge in [0.05, 0.1) is 0 Å². The molecule has 0 unspecified atom stereocenters. The van der Waals surface area contributed by atoms with Crippen LogP contribution in [-0.4, -0.2) is 52.4 Å². The summed E-state index contributed by atoms with van der Waals surface area (Å²) in [6.07, 6.45) is 6.11. The molecular weight excluding hydrogens is 258 g/mol. The van der Waals surface area contributed by atoms with Crippen LogP contribution in [0.1, 0.15) is 26.7 Å². The summed E-state index contributed by atoms with van der Waals surface area (Å²) in [6, 6.07) is 0. The highest BCUT2D eigenvalue weighted by Crippen LogP contribution is 2.34. The fourth-order valence-corrected chi connectivity index (χ4v) is 2.62. The normalized spacial score (nSPS) is 27.3. The predicted octanol–water partition coefficient (Wildman–Crippen LogP) is 1.95. The van der Waals surface area contributed by atoms with E-state index in [4.69, 9.17) is 12.2 Å². The first-order chi connectivity index (χ1) is 8.75. The van der Waals surface area contributed by atoms with E-state index in [1.807, 2.05) is 19.2 Å². The van der Waals surface area contributed by atoms with Gasteiger partial charge in [0.25, 0.3) is 5.91 Å².